The highest BCUT2D eigenvalue weighted by Crippen LogP contribution is 2.61. The van der Waals surface area contributed by atoms with Gasteiger partial charge in [-0.05, 0) is 86.1 Å². The molecule has 2 aromatic carbocycles. The number of anilines is 1. The number of halogens is 2. The van der Waals surface area contributed by atoms with Crippen LogP contribution in [0.3, 0.4) is 0 Å². The summed E-state index contributed by atoms with van der Waals surface area (Å²) in [6.07, 6.45) is 4.36. The van der Waals surface area contributed by atoms with Crippen LogP contribution >= 0.6 is 0 Å². The number of rotatable bonds is 5. The smallest absolute Gasteiger partial charge is 0.261 e. The number of fused-ring (bicyclic) bond motifs is 3. The second-order valence-corrected chi connectivity index (χ2v) is 13.4. The largest absolute Gasteiger partial charge is 0.340 e. The average Bonchev–Trinajstić information content (AvgIpc) is 2.94. The molecule has 2 N–H and O–H groups in total. The predicted octanol–water partition coefficient (Wildman–Crippen LogP) is 5.44. The highest BCUT2D eigenvalue weighted by atomic mass is 19.1. The molecular weight excluding hydrogens is 534 g/mol. The Balaban J connectivity index is 1.28. The van der Waals surface area contributed by atoms with Crippen molar-refractivity contribution in [3.05, 3.63) is 70.3 Å². The highest BCUT2D eigenvalue weighted by molar-refractivity contribution is 5.96. The van der Waals surface area contributed by atoms with Gasteiger partial charge in [-0.3, -0.25) is 9.36 Å². The lowest BCUT2D eigenvalue weighted by Crippen LogP contribution is -2.59. The maximum absolute atomic E-state index is 15.7. The summed E-state index contributed by atoms with van der Waals surface area (Å²) >= 11 is 0. The zero-order valence-electron chi connectivity index (χ0n) is 25.2. The first-order valence-electron chi connectivity index (χ1n) is 15.3. The highest BCUT2D eigenvalue weighted by Gasteiger charge is 2.56. The molecule has 6 unspecified atom stereocenters. The summed E-state index contributed by atoms with van der Waals surface area (Å²) < 4.78 is 30.4. The van der Waals surface area contributed by atoms with Gasteiger partial charge in [0.2, 0.25) is 0 Å². The summed E-state index contributed by atoms with van der Waals surface area (Å²) in [5, 5.41) is 7.15. The molecule has 3 aliphatic carbocycles. The van der Waals surface area contributed by atoms with Crippen LogP contribution in [-0.4, -0.2) is 51.6 Å². The fourth-order valence-corrected chi connectivity index (χ4v) is 7.60. The van der Waals surface area contributed by atoms with E-state index in [-0.39, 0.29) is 40.6 Å². The summed E-state index contributed by atoms with van der Waals surface area (Å²) in [5.41, 5.74) is 1.66. The van der Waals surface area contributed by atoms with E-state index in [1.165, 1.54) is 35.5 Å². The topological polar surface area (TPSA) is 74.5 Å². The third-order valence-corrected chi connectivity index (χ3v) is 10.2. The SMILES string of the molecule is CC1CN(C(=NC2CC3CC(C2C)C3(C)C)Nc2cc3ncn(CCc4ccc(F)cc4)c(=O)c3cc2F)CC(C)N1. The maximum atomic E-state index is 15.7. The minimum absolute atomic E-state index is 0.180. The third-order valence-electron chi connectivity index (χ3n) is 10.2. The van der Waals surface area contributed by atoms with E-state index in [9.17, 15) is 9.18 Å². The van der Waals surface area contributed by atoms with Crippen molar-refractivity contribution in [2.75, 3.05) is 18.4 Å². The molecule has 9 heteroatoms. The quantitative estimate of drug-likeness (QED) is 0.313. The standard InChI is InChI=1S/C33H42F2N6O/c1-19-16-41(17-20(2)37-19)32(38-28-13-23-12-26(21(28)3)33(23,4)5)39-30-15-29-25(14-27(30)35)31(42)40(18-36-29)11-10-22-6-8-24(34)9-7-22/h6-9,14-15,18-21,23,26,28,37H,10-13,16-17H2,1-5H3,(H,38,39). The molecule has 3 saturated carbocycles. The summed E-state index contributed by atoms with van der Waals surface area (Å²) in [6, 6.07) is 9.82. The number of piperazine rings is 1. The van der Waals surface area contributed by atoms with Crippen LogP contribution in [0.25, 0.3) is 10.9 Å². The second-order valence-electron chi connectivity index (χ2n) is 13.4. The zero-order chi connectivity index (χ0) is 29.8. The van der Waals surface area contributed by atoms with Gasteiger partial charge in [-0.25, -0.2) is 18.8 Å². The van der Waals surface area contributed by atoms with E-state index in [4.69, 9.17) is 4.99 Å². The molecule has 224 valence electrons. The Morgan fingerprint density at radius 1 is 1.10 bits per heavy atom. The summed E-state index contributed by atoms with van der Waals surface area (Å²) in [7, 11) is 0. The number of hydrogen-bond acceptors (Lipinski definition) is 4. The van der Waals surface area contributed by atoms with Gasteiger partial charge in [0.1, 0.15) is 11.6 Å². The molecule has 0 radical (unpaired) electrons. The molecule has 4 aliphatic rings. The first kappa shape index (κ1) is 28.8. The van der Waals surface area contributed by atoms with Crippen LogP contribution in [0.4, 0.5) is 14.5 Å². The lowest BCUT2D eigenvalue weighted by molar-refractivity contribution is -0.108. The Morgan fingerprint density at radius 2 is 1.81 bits per heavy atom. The van der Waals surface area contributed by atoms with Crippen molar-refractivity contribution in [2.24, 2.45) is 28.2 Å². The maximum Gasteiger partial charge on any atom is 0.261 e. The minimum atomic E-state index is -0.512. The first-order chi connectivity index (χ1) is 20.0. The van der Waals surface area contributed by atoms with Crippen LogP contribution in [0.2, 0.25) is 0 Å². The summed E-state index contributed by atoms with van der Waals surface area (Å²) in [5.74, 6) is 1.65. The van der Waals surface area contributed by atoms with Crippen LogP contribution < -0.4 is 16.2 Å². The van der Waals surface area contributed by atoms with Crippen LogP contribution in [0.1, 0.15) is 53.0 Å². The van der Waals surface area contributed by atoms with Crippen molar-refractivity contribution >= 4 is 22.5 Å². The first-order valence-corrected chi connectivity index (χ1v) is 15.3. The number of benzene rings is 2. The van der Waals surface area contributed by atoms with Gasteiger partial charge in [0, 0.05) is 31.7 Å². The molecule has 1 aromatic heterocycles. The Labute approximate surface area is 246 Å². The van der Waals surface area contributed by atoms with Crippen molar-refractivity contribution in [1.29, 1.82) is 0 Å². The number of aryl methyl sites for hydroxylation is 2. The molecule has 42 heavy (non-hydrogen) atoms. The minimum Gasteiger partial charge on any atom is -0.340 e. The van der Waals surface area contributed by atoms with Crippen molar-refractivity contribution in [3.63, 3.8) is 0 Å². The molecule has 0 amide bonds. The van der Waals surface area contributed by atoms with E-state index in [1.54, 1.807) is 18.2 Å². The van der Waals surface area contributed by atoms with Crippen molar-refractivity contribution in [2.45, 2.75) is 78.6 Å². The van der Waals surface area contributed by atoms with Gasteiger partial charge in [-0.2, -0.15) is 0 Å². The Morgan fingerprint density at radius 3 is 2.48 bits per heavy atom. The fraction of sp³-hybridized carbons (Fsp3) is 0.545. The average molecular weight is 577 g/mol. The van der Waals surface area contributed by atoms with Crippen molar-refractivity contribution in [1.82, 2.24) is 19.8 Å². The molecule has 1 aliphatic heterocycles. The second kappa shape index (κ2) is 11.1. The third kappa shape index (κ3) is 5.43. The zero-order valence-corrected chi connectivity index (χ0v) is 25.2. The molecule has 7 rings (SSSR count). The van der Waals surface area contributed by atoms with Crippen molar-refractivity contribution in [3.8, 4) is 0 Å². The number of nitrogens with zero attached hydrogens (tertiary/aromatic N) is 4. The van der Waals surface area contributed by atoms with E-state index < -0.39 is 5.82 Å². The van der Waals surface area contributed by atoms with Gasteiger partial charge in [0.05, 0.1) is 29.0 Å². The van der Waals surface area contributed by atoms with Crippen LogP contribution in [-0.2, 0) is 13.0 Å². The molecule has 1 saturated heterocycles. The number of nitrogens with one attached hydrogen (secondary N) is 2. The lowest BCUT2D eigenvalue weighted by Gasteiger charge is -2.61. The van der Waals surface area contributed by atoms with Gasteiger partial charge in [-0.15, -0.1) is 0 Å². The van der Waals surface area contributed by atoms with Crippen LogP contribution in [0.5, 0.6) is 0 Å². The summed E-state index contributed by atoms with van der Waals surface area (Å²) in [4.78, 5) is 25.3. The fourth-order valence-electron chi connectivity index (χ4n) is 7.60. The lowest BCUT2D eigenvalue weighted by atomic mass is 9.45. The number of aliphatic imine (C=N–C) groups is 1. The van der Waals surface area contributed by atoms with Gasteiger partial charge in [-0.1, -0.05) is 32.9 Å². The molecule has 3 aromatic rings. The van der Waals surface area contributed by atoms with E-state index in [2.05, 4.69) is 55.1 Å². The van der Waals surface area contributed by atoms with Gasteiger partial charge >= 0.3 is 0 Å². The van der Waals surface area contributed by atoms with E-state index in [0.29, 0.717) is 47.6 Å². The number of guanidine groups is 1. The van der Waals surface area contributed by atoms with E-state index in [0.717, 1.165) is 25.1 Å². The monoisotopic (exact) mass is 576 g/mol. The molecule has 0 spiro atoms. The molecule has 2 bridgehead atoms. The van der Waals surface area contributed by atoms with Crippen LogP contribution in [0.15, 0.2) is 52.5 Å². The Bertz CT molecular complexity index is 1540. The summed E-state index contributed by atoms with van der Waals surface area (Å²) in [6.45, 7) is 13.3. The normalized spacial score (nSPS) is 28.9. The van der Waals surface area contributed by atoms with Gasteiger partial charge in [0.25, 0.3) is 5.56 Å². The molecular formula is C33H42F2N6O. The Kier molecular flexibility index (Phi) is 7.58. The van der Waals surface area contributed by atoms with Gasteiger partial charge in [0.15, 0.2) is 5.96 Å². The molecule has 7 nitrogen and oxygen atoms in total. The Hall–Kier alpha value is -3.33. The van der Waals surface area contributed by atoms with Gasteiger partial charge < -0.3 is 15.5 Å². The number of hydrogen-bond donors (Lipinski definition) is 2. The molecule has 4 fully saturated rings. The van der Waals surface area contributed by atoms with E-state index >= 15 is 4.39 Å². The predicted molar refractivity (Wildman–Crippen MR) is 164 cm³/mol. The molecule has 6 atom stereocenters. The van der Waals surface area contributed by atoms with E-state index in [1.807, 2.05) is 0 Å². The molecule has 2 heterocycles. The van der Waals surface area contributed by atoms with Crippen LogP contribution in [0, 0.1) is 34.8 Å². The van der Waals surface area contributed by atoms with Crippen molar-refractivity contribution < 1.29 is 8.78 Å². The number of aromatic nitrogens is 2.